The first-order chi connectivity index (χ1) is 8.22. The smallest absolute Gasteiger partial charge is 0.0385 e. The van der Waals surface area contributed by atoms with E-state index in [0.29, 0.717) is 0 Å². The molecule has 1 heteroatoms. The van der Waals surface area contributed by atoms with Gasteiger partial charge in [0.1, 0.15) is 0 Å². The molecule has 0 amide bonds. The highest BCUT2D eigenvalue weighted by Gasteiger charge is 2.08. The van der Waals surface area contributed by atoms with Crippen LogP contribution >= 0.6 is 0 Å². The lowest BCUT2D eigenvalue weighted by Gasteiger charge is -2.17. The van der Waals surface area contributed by atoms with E-state index in [-0.39, 0.29) is 0 Å². The fourth-order valence-corrected chi connectivity index (χ4v) is 2.19. The molecule has 0 aliphatic heterocycles. The fourth-order valence-electron chi connectivity index (χ4n) is 2.19. The molecule has 0 fully saturated rings. The highest BCUT2D eigenvalue weighted by atomic mass is 14.7. The topological polar surface area (TPSA) is 12.4 Å². The van der Waals surface area contributed by atoms with Gasteiger partial charge in [-0.1, -0.05) is 65.7 Å². The summed E-state index contributed by atoms with van der Waals surface area (Å²) < 4.78 is 0. The maximum absolute atomic E-state index is 4.23. The van der Waals surface area contributed by atoms with Crippen molar-refractivity contribution in [3.8, 4) is 0 Å². The number of hydrogen-bond acceptors (Lipinski definition) is 1. The molecule has 102 valence electrons. The van der Waals surface area contributed by atoms with Crippen molar-refractivity contribution in [3.05, 3.63) is 0 Å². The summed E-state index contributed by atoms with van der Waals surface area (Å²) in [5, 5.41) is 0. The Labute approximate surface area is 109 Å². The van der Waals surface area contributed by atoms with Gasteiger partial charge in [-0.15, -0.1) is 0 Å². The van der Waals surface area contributed by atoms with E-state index in [2.05, 4.69) is 25.8 Å². The third kappa shape index (κ3) is 10.5. The van der Waals surface area contributed by atoms with Crippen molar-refractivity contribution in [2.24, 2.45) is 16.8 Å². The van der Waals surface area contributed by atoms with E-state index in [9.17, 15) is 0 Å². The first kappa shape index (κ1) is 16.7. The van der Waals surface area contributed by atoms with Gasteiger partial charge in [-0.05, 0) is 31.4 Å². The summed E-state index contributed by atoms with van der Waals surface area (Å²) in [5.41, 5.74) is 0. The largest absolute Gasteiger partial charge is 0.298 e. The summed E-state index contributed by atoms with van der Waals surface area (Å²) >= 11 is 0. The Bertz CT molecular complexity index is 174. The van der Waals surface area contributed by atoms with Gasteiger partial charge in [0.25, 0.3) is 0 Å². The van der Waals surface area contributed by atoms with Crippen LogP contribution in [0.15, 0.2) is 4.99 Å². The summed E-state index contributed by atoms with van der Waals surface area (Å²) in [4.78, 5) is 4.23. The van der Waals surface area contributed by atoms with Gasteiger partial charge in [0, 0.05) is 6.54 Å². The number of rotatable bonds is 11. The van der Waals surface area contributed by atoms with Gasteiger partial charge in [-0.2, -0.15) is 0 Å². The zero-order chi connectivity index (χ0) is 12.9. The third-order valence-corrected chi connectivity index (χ3v) is 3.99. The van der Waals surface area contributed by atoms with Gasteiger partial charge in [0.2, 0.25) is 0 Å². The van der Waals surface area contributed by atoms with Gasteiger partial charge in [0.15, 0.2) is 0 Å². The average molecular weight is 239 g/mol. The van der Waals surface area contributed by atoms with Crippen LogP contribution in [0.25, 0.3) is 0 Å². The molecule has 0 N–H and O–H groups in total. The van der Waals surface area contributed by atoms with E-state index in [0.717, 1.165) is 18.4 Å². The Hall–Kier alpha value is -0.330. The quantitative estimate of drug-likeness (QED) is 0.334. The van der Waals surface area contributed by atoms with E-state index < -0.39 is 0 Å². The molecule has 1 nitrogen and oxygen atoms in total. The number of hydrogen-bond donors (Lipinski definition) is 0. The van der Waals surface area contributed by atoms with Crippen LogP contribution in [-0.4, -0.2) is 12.8 Å². The van der Waals surface area contributed by atoms with Crippen LogP contribution in [0.3, 0.4) is 0 Å². The molecule has 0 bridgehead atoms. The van der Waals surface area contributed by atoms with Gasteiger partial charge < -0.3 is 0 Å². The summed E-state index contributed by atoms with van der Waals surface area (Å²) in [7, 11) is 0. The number of nitrogens with zero attached hydrogens (tertiary/aromatic N) is 1. The van der Waals surface area contributed by atoms with Crippen LogP contribution in [0.2, 0.25) is 0 Å². The van der Waals surface area contributed by atoms with Gasteiger partial charge >= 0.3 is 0 Å². The fraction of sp³-hybridized carbons (Fsp3) is 0.938. The van der Waals surface area contributed by atoms with Gasteiger partial charge in [-0.25, -0.2) is 0 Å². The van der Waals surface area contributed by atoms with Crippen molar-refractivity contribution in [2.45, 2.75) is 79.1 Å². The Balaban J connectivity index is 3.18. The lowest BCUT2D eigenvalue weighted by atomic mass is 9.89. The zero-order valence-corrected chi connectivity index (χ0v) is 12.5. The third-order valence-electron chi connectivity index (χ3n) is 3.99. The SMILES string of the molecule is C/C=N/CCCCCCCC[C@H](C)[C@@H](C)CC. The zero-order valence-electron chi connectivity index (χ0n) is 12.5. The van der Waals surface area contributed by atoms with Crippen LogP contribution in [0, 0.1) is 11.8 Å². The van der Waals surface area contributed by atoms with Crippen molar-refractivity contribution in [1.29, 1.82) is 0 Å². The van der Waals surface area contributed by atoms with Crippen molar-refractivity contribution >= 4 is 6.21 Å². The number of unbranched alkanes of at least 4 members (excludes halogenated alkanes) is 5. The van der Waals surface area contributed by atoms with E-state index in [4.69, 9.17) is 0 Å². The van der Waals surface area contributed by atoms with Crippen molar-refractivity contribution < 1.29 is 0 Å². The second kappa shape index (κ2) is 12.1. The Morgan fingerprint density at radius 3 is 2.06 bits per heavy atom. The average Bonchev–Trinajstić information content (AvgIpc) is 2.35. The first-order valence-electron chi connectivity index (χ1n) is 7.66. The highest BCUT2D eigenvalue weighted by molar-refractivity contribution is 5.53. The van der Waals surface area contributed by atoms with Crippen LogP contribution in [0.1, 0.15) is 79.1 Å². The minimum atomic E-state index is 0.905. The Morgan fingerprint density at radius 1 is 0.882 bits per heavy atom. The van der Waals surface area contributed by atoms with Crippen LogP contribution in [0.4, 0.5) is 0 Å². The molecule has 0 saturated carbocycles. The Morgan fingerprint density at radius 2 is 1.47 bits per heavy atom. The molecular weight excluding hydrogens is 206 g/mol. The molecule has 0 aromatic heterocycles. The molecule has 0 aromatic carbocycles. The molecule has 0 aliphatic rings. The predicted molar refractivity (Wildman–Crippen MR) is 80.0 cm³/mol. The molecule has 0 aromatic rings. The molecule has 17 heavy (non-hydrogen) atoms. The van der Waals surface area contributed by atoms with Gasteiger partial charge in [0.05, 0.1) is 0 Å². The Kier molecular flexibility index (Phi) is 11.9. The lowest BCUT2D eigenvalue weighted by Crippen LogP contribution is -2.06. The first-order valence-corrected chi connectivity index (χ1v) is 7.66. The lowest BCUT2D eigenvalue weighted by molar-refractivity contribution is 0.342. The molecule has 0 heterocycles. The second-order valence-electron chi connectivity index (χ2n) is 5.44. The van der Waals surface area contributed by atoms with Crippen molar-refractivity contribution in [2.75, 3.05) is 6.54 Å². The predicted octanol–water partition coefficient (Wildman–Crippen LogP) is 5.49. The second-order valence-corrected chi connectivity index (χ2v) is 5.44. The van der Waals surface area contributed by atoms with Crippen LogP contribution in [0.5, 0.6) is 0 Å². The molecule has 0 aliphatic carbocycles. The molecule has 0 spiro atoms. The molecule has 0 unspecified atom stereocenters. The van der Waals surface area contributed by atoms with Crippen LogP contribution in [-0.2, 0) is 0 Å². The monoisotopic (exact) mass is 239 g/mol. The van der Waals surface area contributed by atoms with E-state index in [1.165, 1.54) is 51.4 Å². The van der Waals surface area contributed by atoms with Crippen LogP contribution < -0.4 is 0 Å². The maximum atomic E-state index is 4.23. The molecule has 0 saturated heterocycles. The normalized spacial score (nSPS) is 15.3. The van der Waals surface area contributed by atoms with E-state index >= 15 is 0 Å². The number of aliphatic imine (C=N–C) groups is 1. The summed E-state index contributed by atoms with van der Waals surface area (Å²) in [6, 6.07) is 0. The highest BCUT2D eigenvalue weighted by Crippen LogP contribution is 2.21. The summed E-state index contributed by atoms with van der Waals surface area (Å²) in [6.45, 7) is 10.1. The standard InChI is InChI=1S/C16H33N/c1-5-15(3)16(4)13-11-9-7-8-10-12-14-17-6-2/h6,15-16H,5,7-14H2,1-4H3/b17-6+/t15-,16-/m0/s1. The minimum Gasteiger partial charge on any atom is -0.298 e. The summed E-state index contributed by atoms with van der Waals surface area (Å²) in [6.07, 6.45) is 13.0. The molecular formula is C16H33N. The van der Waals surface area contributed by atoms with E-state index in [1.54, 1.807) is 0 Å². The van der Waals surface area contributed by atoms with Crippen molar-refractivity contribution in [1.82, 2.24) is 0 Å². The maximum Gasteiger partial charge on any atom is 0.0385 e. The molecule has 0 rings (SSSR count). The van der Waals surface area contributed by atoms with E-state index in [1.807, 2.05) is 13.1 Å². The minimum absolute atomic E-state index is 0.905. The molecule has 2 atom stereocenters. The van der Waals surface area contributed by atoms with Crippen molar-refractivity contribution in [3.63, 3.8) is 0 Å². The summed E-state index contributed by atoms with van der Waals surface area (Å²) in [5.74, 6) is 1.82. The molecule has 0 radical (unpaired) electrons. The van der Waals surface area contributed by atoms with Gasteiger partial charge in [-0.3, -0.25) is 4.99 Å².